The van der Waals surface area contributed by atoms with E-state index >= 15 is 0 Å². The number of carbonyl (C=O) groups excluding carboxylic acids is 2. The Bertz CT molecular complexity index is 1080. The summed E-state index contributed by atoms with van der Waals surface area (Å²) in [4.78, 5) is 37.6. The normalized spacial score (nSPS) is 21.2. The molecule has 7 nitrogen and oxygen atoms in total. The van der Waals surface area contributed by atoms with Crippen LogP contribution in [-0.4, -0.2) is 23.8 Å². The molecule has 1 aliphatic carbocycles. The average molecular weight is 424 g/mol. The van der Waals surface area contributed by atoms with E-state index in [1.54, 1.807) is 30.4 Å². The van der Waals surface area contributed by atoms with Crippen LogP contribution < -0.4 is 5.32 Å². The van der Waals surface area contributed by atoms with Crippen LogP contribution >= 0.6 is 11.3 Å². The quantitative estimate of drug-likeness (QED) is 0.449. The van der Waals surface area contributed by atoms with Crippen molar-refractivity contribution in [3.8, 4) is 0 Å². The fraction of sp³-hybridized carbons (Fsp3) is 0.273. The lowest BCUT2D eigenvalue weighted by atomic mass is 9.72. The van der Waals surface area contributed by atoms with Crippen molar-refractivity contribution >= 4 is 28.8 Å². The van der Waals surface area contributed by atoms with Gasteiger partial charge < -0.3 is 10.1 Å². The number of benzene rings is 1. The van der Waals surface area contributed by atoms with E-state index in [-0.39, 0.29) is 17.4 Å². The highest BCUT2D eigenvalue weighted by Gasteiger charge is 2.41. The summed E-state index contributed by atoms with van der Waals surface area (Å²) in [6.45, 7) is 1.79. The molecule has 0 saturated heterocycles. The van der Waals surface area contributed by atoms with E-state index < -0.39 is 16.8 Å². The third-order valence-electron chi connectivity index (χ3n) is 5.62. The first-order valence-corrected chi connectivity index (χ1v) is 10.4. The Kier molecular flexibility index (Phi) is 5.26. The van der Waals surface area contributed by atoms with Crippen molar-refractivity contribution in [3.05, 3.63) is 84.9 Å². The van der Waals surface area contributed by atoms with E-state index in [9.17, 15) is 19.7 Å². The Labute approximate surface area is 177 Å². The van der Waals surface area contributed by atoms with Crippen LogP contribution in [0, 0.1) is 10.1 Å². The predicted molar refractivity (Wildman–Crippen MR) is 112 cm³/mol. The van der Waals surface area contributed by atoms with E-state index in [0.29, 0.717) is 35.2 Å². The zero-order valence-electron chi connectivity index (χ0n) is 16.5. The summed E-state index contributed by atoms with van der Waals surface area (Å²) in [5, 5.41) is 16.3. The summed E-state index contributed by atoms with van der Waals surface area (Å²) < 4.78 is 4.99. The summed E-state index contributed by atoms with van der Waals surface area (Å²) in [5.41, 5.74) is 2.93. The van der Waals surface area contributed by atoms with Crippen LogP contribution in [0.3, 0.4) is 0 Å². The van der Waals surface area contributed by atoms with Gasteiger partial charge in [-0.1, -0.05) is 18.2 Å². The zero-order valence-corrected chi connectivity index (χ0v) is 17.3. The summed E-state index contributed by atoms with van der Waals surface area (Å²) in [5.74, 6) is -1.08. The molecule has 1 aromatic carbocycles. The molecule has 2 heterocycles. The van der Waals surface area contributed by atoms with E-state index in [2.05, 4.69) is 5.32 Å². The van der Waals surface area contributed by atoms with Crippen molar-refractivity contribution in [1.29, 1.82) is 0 Å². The first kappa shape index (κ1) is 20.0. The molecule has 0 amide bonds. The van der Waals surface area contributed by atoms with E-state index in [1.165, 1.54) is 19.2 Å². The van der Waals surface area contributed by atoms with Gasteiger partial charge in [-0.05, 0) is 30.4 Å². The summed E-state index contributed by atoms with van der Waals surface area (Å²) >= 11 is 1.63. The molecule has 0 fully saturated rings. The largest absolute Gasteiger partial charge is 0.466 e. The van der Waals surface area contributed by atoms with Crippen molar-refractivity contribution in [2.45, 2.75) is 31.6 Å². The Hall–Kier alpha value is -3.26. The molecule has 2 atom stereocenters. The smallest absolute Gasteiger partial charge is 0.336 e. The number of rotatable bonds is 4. The maximum Gasteiger partial charge on any atom is 0.336 e. The third kappa shape index (κ3) is 3.43. The molecule has 154 valence electrons. The van der Waals surface area contributed by atoms with Gasteiger partial charge in [-0.2, -0.15) is 0 Å². The number of nitro groups is 1. The molecule has 2 aromatic rings. The number of ether oxygens (including phenoxy) is 1. The number of ketones is 1. The van der Waals surface area contributed by atoms with Gasteiger partial charge in [0, 0.05) is 52.2 Å². The number of dihydropyridines is 1. The highest BCUT2D eigenvalue weighted by Crippen LogP contribution is 2.46. The Balaban J connectivity index is 1.81. The Morgan fingerprint density at radius 2 is 1.97 bits per heavy atom. The molecule has 0 radical (unpaired) electrons. The number of esters is 1. The molecule has 1 aromatic heterocycles. The number of nitrogens with one attached hydrogen (secondary N) is 1. The van der Waals surface area contributed by atoms with Crippen LogP contribution in [-0.2, 0) is 14.3 Å². The number of hydrogen-bond acceptors (Lipinski definition) is 7. The van der Waals surface area contributed by atoms with Crippen LogP contribution in [0.2, 0.25) is 0 Å². The molecule has 0 saturated carbocycles. The van der Waals surface area contributed by atoms with Gasteiger partial charge in [0.2, 0.25) is 0 Å². The number of allylic oxidation sites excluding steroid dienone is 3. The first-order chi connectivity index (χ1) is 14.4. The predicted octanol–water partition coefficient (Wildman–Crippen LogP) is 4.19. The second-order valence-electron chi connectivity index (χ2n) is 7.37. The minimum absolute atomic E-state index is 0.0283. The maximum absolute atomic E-state index is 13.3. The molecule has 0 bridgehead atoms. The molecule has 8 heteroatoms. The lowest BCUT2D eigenvalue weighted by Gasteiger charge is -2.36. The molecule has 0 unspecified atom stereocenters. The molecule has 2 aliphatic rings. The zero-order chi connectivity index (χ0) is 21.4. The standard InChI is InChI=1S/C22H20N2O5S/c1-12-19(22(26)29-2)20(13-5-7-15(8-6-13)24(27)28)21-16(23-12)10-14(11-17(21)25)18-4-3-9-30-18/h3-9,14,20,23H,10-11H2,1-2H3/t14-,20+/m1/s1. The van der Waals surface area contributed by atoms with Gasteiger partial charge in [-0.3, -0.25) is 14.9 Å². The number of thiophene rings is 1. The summed E-state index contributed by atoms with van der Waals surface area (Å²) in [6, 6.07) is 10.0. The highest BCUT2D eigenvalue weighted by molar-refractivity contribution is 7.10. The highest BCUT2D eigenvalue weighted by atomic mass is 32.1. The van der Waals surface area contributed by atoms with Crippen LogP contribution in [0.4, 0.5) is 5.69 Å². The van der Waals surface area contributed by atoms with E-state index in [1.807, 2.05) is 17.5 Å². The van der Waals surface area contributed by atoms with Crippen LogP contribution in [0.25, 0.3) is 0 Å². The lowest BCUT2D eigenvalue weighted by molar-refractivity contribution is -0.384. The number of Topliss-reactive ketones (excluding diaryl/α,β-unsaturated/α-hetero) is 1. The molecule has 1 N–H and O–H groups in total. The molecule has 4 rings (SSSR count). The first-order valence-electron chi connectivity index (χ1n) is 9.50. The molecule has 1 aliphatic heterocycles. The number of carbonyl (C=O) groups is 2. The van der Waals surface area contributed by atoms with Crippen molar-refractivity contribution in [2.24, 2.45) is 0 Å². The molecule has 30 heavy (non-hydrogen) atoms. The maximum atomic E-state index is 13.3. The number of non-ortho nitro benzene ring substituents is 1. The fourth-order valence-electron chi connectivity index (χ4n) is 4.27. The Morgan fingerprint density at radius 3 is 2.57 bits per heavy atom. The van der Waals surface area contributed by atoms with Gasteiger partial charge in [0.05, 0.1) is 17.6 Å². The minimum Gasteiger partial charge on any atom is -0.466 e. The average Bonchev–Trinajstić information content (AvgIpc) is 3.27. The molecule has 0 spiro atoms. The lowest BCUT2D eigenvalue weighted by Crippen LogP contribution is -2.35. The minimum atomic E-state index is -0.619. The molecular weight excluding hydrogens is 404 g/mol. The van der Waals surface area contributed by atoms with Gasteiger partial charge in [0.15, 0.2) is 5.78 Å². The van der Waals surface area contributed by atoms with Crippen molar-refractivity contribution in [3.63, 3.8) is 0 Å². The van der Waals surface area contributed by atoms with Gasteiger partial charge in [0.1, 0.15) is 0 Å². The third-order valence-corrected chi connectivity index (χ3v) is 6.65. The number of methoxy groups -OCH3 is 1. The van der Waals surface area contributed by atoms with Gasteiger partial charge in [-0.15, -0.1) is 11.3 Å². The van der Waals surface area contributed by atoms with E-state index in [0.717, 1.165) is 10.6 Å². The van der Waals surface area contributed by atoms with Crippen LogP contribution in [0.5, 0.6) is 0 Å². The second kappa shape index (κ2) is 7.87. The Morgan fingerprint density at radius 1 is 1.23 bits per heavy atom. The number of nitro benzene ring substituents is 1. The second-order valence-corrected chi connectivity index (χ2v) is 8.35. The van der Waals surface area contributed by atoms with E-state index in [4.69, 9.17) is 4.74 Å². The number of hydrogen-bond donors (Lipinski definition) is 1. The topological polar surface area (TPSA) is 98.5 Å². The van der Waals surface area contributed by atoms with Crippen molar-refractivity contribution < 1.29 is 19.2 Å². The summed E-state index contributed by atoms with van der Waals surface area (Å²) in [7, 11) is 1.30. The molecular formula is C22H20N2O5S. The van der Waals surface area contributed by atoms with Crippen LogP contribution in [0.15, 0.2) is 64.3 Å². The monoisotopic (exact) mass is 424 g/mol. The number of nitrogens with zero attached hydrogens (tertiary/aromatic N) is 1. The SMILES string of the molecule is COC(=O)C1=C(C)NC2=C(C(=O)C[C@H](c3cccs3)C2)[C@H]1c1ccc([N+](=O)[O-])cc1. The van der Waals surface area contributed by atoms with Gasteiger partial charge in [-0.25, -0.2) is 4.79 Å². The van der Waals surface area contributed by atoms with Crippen molar-refractivity contribution in [2.75, 3.05) is 7.11 Å². The van der Waals surface area contributed by atoms with Gasteiger partial charge >= 0.3 is 5.97 Å². The van der Waals surface area contributed by atoms with Gasteiger partial charge in [0.25, 0.3) is 5.69 Å². The fourth-order valence-corrected chi connectivity index (χ4v) is 5.10. The van der Waals surface area contributed by atoms with Crippen LogP contribution in [0.1, 0.15) is 42.0 Å². The van der Waals surface area contributed by atoms with Crippen molar-refractivity contribution in [1.82, 2.24) is 5.32 Å². The summed E-state index contributed by atoms with van der Waals surface area (Å²) in [6.07, 6.45) is 1.02.